The predicted octanol–water partition coefficient (Wildman–Crippen LogP) is 22.2. The highest BCUT2D eigenvalue weighted by Crippen LogP contribution is 2.71. The molecule has 0 spiro atoms. The van der Waals surface area contributed by atoms with Crippen LogP contribution in [0, 0.1) is 16.2 Å². The lowest BCUT2D eigenvalue weighted by atomic mass is 9.38. The molecule has 0 amide bonds. The first kappa shape index (κ1) is 61.0. The molecule has 0 rings (SSSR count). The van der Waals surface area contributed by atoms with E-state index in [4.69, 9.17) is 0 Å². The first-order chi connectivity index (χ1) is 29.8. The van der Waals surface area contributed by atoms with Gasteiger partial charge in [0.05, 0.1) is 5.60 Å². The summed E-state index contributed by atoms with van der Waals surface area (Å²) in [4.78, 5) is 0. The molecule has 0 saturated heterocycles. The molecule has 61 heavy (non-hydrogen) atoms. The van der Waals surface area contributed by atoms with Crippen LogP contribution in [0.3, 0.4) is 0 Å². The molecular formula is C60H122O. The third-order valence-electron chi connectivity index (χ3n) is 16.7. The van der Waals surface area contributed by atoms with Crippen LogP contribution in [0.25, 0.3) is 0 Å². The van der Waals surface area contributed by atoms with Crippen LogP contribution in [-0.2, 0) is 0 Å². The molecule has 0 aliphatic heterocycles. The summed E-state index contributed by atoms with van der Waals surface area (Å²) in [6.45, 7) is 21.7. The Bertz CT molecular complexity index is 839. The van der Waals surface area contributed by atoms with Crippen LogP contribution in [-0.4, -0.2) is 10.7 Å². The summed E-state index contributed by atoms with van der Waals surface area (Å²) in [5, 5.41) is 14.3. The molecule has 0 heterocycles. The van der Waals surface area contributed by atoms with Gasteiger partial charge in [-0.05, 0) is 68.6 Å². The van der Waals surface area contributed by atoms with Crippen molar-refractivity contribution in [3.8, 4) is 0 Å². The first-order valence-electron chi connectivity index (χ1n) is 29.5. The normalized spacial score (nSPS) is 13.7. The summed E-state index contributed by atoms with van der Waals surface area (Å²) in [6, 6.07) is 0. The van der Waals surface area contributed by atoms with Gasteiger partial charge < -0.3 is 5.11 Å². The molecule has 1 N–H and O–H groups in total. The zero-order valence-corrected chi connectivity index (χ0v) is 44.7. The average Bonchev–Trinajstić information content (AvgIpc) is 3.27. The zero-order valence-electron chi connectivity index (χ0n) is 44.7. The second-order valence-electron chi connectivity index (χ2n) is 21.4. The Kier molecular flexibility index (Phi) is 41.4. The Morgan fingerprint density at radius 2 is 0.410 bits per heavy atom. The summed E-state index contributed by atoms with van der Waals surface area (Å²) in [5.74, 6) is 0. The molecule has 0 aromatic heterocycles. The van der Waals surface area contributed by atoms with Gasteiger partial charge in [-0.1, -0.05) is 306 Å². The van der Waals surface area contributed by atoms with Gasteiger partial charge in [-0.15, -0.1) is 0 Å². The molecule has 1 heteroatoms. The van der Waals surface area contributed by atoms with E-state index in [-0.39, 0.29) is 10.8 Å². The number of rotatable bonds is 50. The molecule has 368 valence electrons. The van der Waals surface area contributed by atoms with Gasteiger partial charge in [0.25, 0.3) is 0 Å². The zero-order chi connectivity index (χ0) is 45.2. The van der Waals surface area contributed by atoms with Gasteiger partial charge in [0.15, 0.2) is 0 Å². The van der Waals surface area contributed by atoms with Crippen molar-refractivity contribution in [3.05, 3.63) is 0 Å². The lowest BCUT2D eigenvalue weighted by Gasteiger charge is -2.68. The molecule has 0 aliphatic carbocycles. The van der Waals surface area contributed by atoms with Gasteiger partial charge in [-0.2, -0.15) is 0 Å². The average molecular weight is 860 g/mol. The SMILES string of the molecule is CCCCCCCCCCCCC(CCCCCC)(CCCCCC)C(CCCCCC)(CCCCCC)C(CCCCCC)(CCCCCC)C(O)(CC)CCCCCC. The highest BCUT2D eigenvalue weighted by atomic mass is 16.3. The van der Waals surface area contributed by atoms with Crippen molar-refractivity contribution in [2.75, 3.05) is 0 Å². The second-order valence-corrected chi connectivity index (χ2v) is 21.4. The minimum Gasteiger partial charge on any atom is -0.389 e. The fourth-order valence-corrected chi connectivity index (χ4v) is 13.0. The van der Waals surface area contributed by atoms with Gasteiger partial charge >= 0.3 is 0 Å². The summed E-state index contributed by atoms with van der Waals surface area (Å²) < 4.78 is 0. The fraction of sp³-hybridized carbons (Fsp3) is 1.00. The van der Waals surface area contributed by atoms with E-state index >= 15 is 0 Å². The van der Waals surface area contributed by atoms with Crippen LogP contribution in [0.2, 0.25) is 0 Å². The number of hydrogen-bond donors (Lipinski definition) is 1. The Balaban J connectivity index is 8.22. The third-order valence-corrected chi connectivity index (χ3v) is 16.7. The van der Waals surface area contributed by atoms with Gasteiger partial charge in [-0.25, -0.2) is 0 Å². The molecule has 0 bridgehead atoms. The molecular weight excluding hydrogens is 737 g/mol. The quantitative estimate of drug-likeness (QED) is 0.0604. The minimum absolute atomic E-state index is 0.0190. The molecule has 0 aliphatic rings. The summed E-state index contributed by atoms with van der Waals surface area (Å²) in [5.41, 5.74) is -0.109. The van der Waals surface area contributed by atoms with E-state index in [2.05, 4.69) is 62.3 Å². The maximum absolute atomic E-state index is 14.3. The van der Waals surface area contributed by atoms with Gasteiger partial charge in [0, 0.05) is 5.41 Å². The van der Waals surface area contributed by atoms with Crippen LogP contribution in [0.4, 0.5) is 0 Å². The molecule has 0 saturated carbocycles. The Morgan fingerprint density at radius 1 is 0.213 bits per heavy atom. The van der Waals surface area contributed by atoms with Crippen molar-refractivity contribution >= 4 is 0 Å². The summed E-state index contributed by atoms with van der Waals surface area (Å²) in [7, 11) is 0. The van der Waals surface area contributed by atoms with E-state index in [1.165, 1.54) is 289 Å². The van der Waals surface area contributed by atoms with Gasteiger partial charge in [0.2, 0.25) is 0 Å². The van der Waals surface area contributed by atoms with Crippen molar-refractivity contribution in [1.29, 1.82) is 0 Å². The van der Waals surface area contributed by atoms with E-state index in [1.807, 2.05) is 0 Å². The van der Waals surface area contributed by atoms with Crippen LogP contribution in [0.1, 0.15) is 364 Å². The Morgan fingerprint density at radius 3 is 0.672 bits per heavy atom. The summed E-state index contributed by atoms with van der Waals surface area (Å²) in [6.07, 6.45) is 63.6. The van der Waals surface area contributed by atoms with Crippen molar-refractivity contribution in [2.24, 2.45) is 16.2 Å². The second kappa shape index (κ2) is 41.4. The predicted molar refractivity (Wildman–Crippen MR) is 280 cm³/mol. The smallest absolute Gasteiger partial charge is 0.0706 e. The standard InChI is InChI=1S/C60H122O/c1-10-19-27-35-36-37-38-39-40-43-51-57(49-41-28-20-11-2,50-42-29-21-12-3)58(52-44-30-22-13-4,53-45-31-23-14-5)59(54-46-32-24-15-6,55-47-33-25-16-7)60(61,18-9)56-48-34-26-17-8/h61H,10-56H2,1-9H3. The van der Waals surface area contributed by atoms with Crippen LogP contribution in [0.15, 0.2) is 0 Å². The lowest BCUT2D eigenvalue weighted by Crippen LogP contribution is -2.64. The lowest BCUT2D eigenvalue weighted by molar-refractivity contribution is -0.232. The molecule has 0 fully saturated rings. The minimum atomic E-state index is -0.593. The maximum atomic E-state index is 14.3. The van der Waals surface area contributed by atoms with Crippen molar-refractivity contribution in [1.82, 2.24) is 0 Å². The highest BCUT2D eigenvalue weighted by Gasteiger charge is 2.65. The molecule has 1 atom stereocenters. The van der Waals surface area contributed by atoms with Crippen molar-refractivity contribution in [3.63, 3.8) is 0 Å². The fourth-order valence-electron chi connectivity index (χ4n) is 13.0. The van der Waals surface area contributed by atoms with Gasteiger partial charge in [-0.3, -0.25) is 0 Å². The molecule has 0 radical (unpaired) electrons. The van der Waals surface area contributed by atoms with Crippen LogP contribution >= 0.6 is 0 Å². The molecule has 1 nitrogen and oxygen atoms in total. The van der Waals surface area contributed by atoms with E-state index in [1.54, 1.807) is 0 Å². The number of unbranched alkanes of at least 4 members (excludes halogenated alkanes) is 30. The van der Waals surface area contributed by atoms with E-state index in [9.17, 15) is 5.11 Å². The number of hydrogen-bond acceptors (Lipinski definition) is 1. The van der Waals surface area contributed by atoms with Crippen LogP contribution < -0.4 is 0 Å². The first-order valence-corrected chi connectivity index (χ1v) is 29.5. The van der Waals surface area contributed by atoms with Crippen molar-refractivity contribution in [2.45, 2.75) is 370 Å². The molecule has 0 aromatic carbocycles. The topological polar surface area (TPSA) is 20.2 Å². The van der Waals surface area contributed by atoms with E-state index in [0.29, 0.717) is 5.41 Å². The third kappa shape index (κ3) is 23.8. The largest absolute Gasteiger partial charge is 0.389 e. The highest BCUT2D eigenvalue weighted by molar-refractivity contribution is 5.15. The molecule has 1 unspecified atom stereocenters. The Labute approximate surface area is 389 Å². The molecule has 0 aromatic rings. The Hall–Kier alpha value is -0.0400. The maximum Gasteiger partial charge on any atom is 0.0706 e. The number of aliphatic hydroxyl groups is 1. The van der Waals surface area contributed by atoms with E-state index < -0.39 is 5.60 Å². The van der Waals surface area contributed by atoms with Gasteiger partial charge in [0.1, 0.15) is 0 Å². The van der Waals surface area contributed by atoms with Crippen LogP contribution in [0.5, 0.6) is 0 Å². The monoisotopic (exact) mass is 859 g/mol. The van der Waals surface area contributed by atoms with Crippen molar-refractivity contribution < 1.29 is 5.11 Å². The van der Waals surface area contributed by atoms with E-state index in [0.717, 1.165) is 12.8 Å². The summed E-state index contributed by atoms with van der Waals surface area (Å²) >= 11 is 0.